The van der Waals surface area contributed by atoms with E-state index in [-0.39, 0.29) is 4.32 Å². The Morgan fingerprint density at radius 3 is 2.29 bits per heavy atom. The van der Waals surface area contributed by atoms with Crippen LogP contribution in [0.15, 0.2) is 24.3 Å². The van der Waals surface area contributed by atoms with Gasteiger partial charge >= 0.3 is 6.03 Å². The van der Waals surface area contributed by atoms with Gasteiger partial charge in [0.1, 0.15) is 4.32 Å². The van der Waals surface area contributed by atoms with Gasteiger partial charge in [-0.1, -0.05) is 29.9 Å². The lowest BCUT2D eigenvalue weighted by Crippen LogP contribution is -2.37. The monoisotopic (exact) mass is 226 g/mol. The number of anilines is 1. The number of amides is 2. The fourth-order valence-corrected chi connectivity index (χ4v) is 1.44. The second kappa shape index (κ2) is 4.43. The first-order chi connectivity index (χ1) is 6.52. The number of nitrogens with zero attached hydrogens (tertiary/aromatic N) is 1. The number of benzene rings is 1. The van der Waals surface area contributed by atoms with Crippen LogP contribution in [0.2, 0.25) is 0 Å². The van der Waals surface area contributed by atoms with Gasteiger partial charge in [-0.15, -0.1) is 12.6 Å². The molecule has 0 aromatic heterocycles. The summed E-state index contributed by atoms with van der Waals surface area (Å²) >= 11 is 8.72. The highest BCUT2D eigenvalue weighted by atomic mass is 32.1. The summed E-state index contributed by atoms with van der Waals surface area (Å²) < 4.78 is 0.140. The minimum atomic E-state index is -0.631. The third kappa shape index (κ3) is 2.46. The first-order valence-corrected chi connectivity index (χ1v) is 4.77. The molecule has 3 nitrogen and oxygen atoms in total. The van der Waals surface area contributed by atoms with Crippen LogP contribution in [0.3, 0.4) is 0 Å². The lowest BCUT2D eigenvalue weighted by atomic mass is 10.2. The highest BCUT2D eigenvalue weighted by Crippen LogP contribution is 2.16. The second-order valence-corrected chi connectivity index (χ2v) is 3.90. The molecule has 1 rings (SSSR count). The van der Waals surface area contributed by atoms with Crippen LogP contribution >= 0.6 is 24.8 Å². The van der Waals surface area contributed by atoms with Gasteiger partial charge < -0.3 is 5.73 Å². The summed E-state index contributed by atoms with van der Waals surface area (Å²) in [5.41, 5.74) is 6.89. The SMILES string of the molecule is Cc1ccc(N(C(N)=O)C(=S)S)cc1. The van der Waals surface area contributed by atoms with Crippen LogP contribution in [-0.2, 0) is 0 Å². The van der Waals surface area contributed by atoms with Crippen molar-refractivity contribution >= 4 is 40.9 Å². The molecule has 0 atom stereocenters. The Hall–Kier alpha value is -1.07. The van der Waals surface area contributed by atoms with E-state index in [1.165, 1.54) is 0 Å². The fourth-order valence-electron chi connectivity index (χ4n) is 1.03. The van der Waals surface area contributed by atoms with Crippen LogP contribution in [0, 0.1) is 6.92 Å². The normalized spacial score (nSPS) is 9.57. The third-order valence-electron chi connectivity index (χ3n) is 1.70. The summed E-state index contributed by atoms with van der Waals surface area (Å²) in [7, 11) is 0. The summed E-state index contributed by atoms with van der Waals surface area (Å²) in [4.78, 5) is 12.2. The summed E-state index contributed by atoms with van der Waals surface area (Å²) in [6.07, 6.45) is 0. The molecule has 0 aliphatic heterocycles. The molecule has 0 spiro atoms. The van der Waals surface area contributed by atoms with E-state index in [1.54, 1.807) is 12.1 Å². The Kier molecular flexibility index (Phi) is 3.49. The molecule has 74 valence electrons. The van der Waals surface area contributed by atoms with E-state index in [2.05, 4.69) is 12.6 Å². The Labute approximate surface area is 93.3 Å². The van der Waals surface area contributed by atoms with Gasteiger partial charge in [0.25, 0.3) is 0 Å². The van der Waals surface area contributed by atoms with Crippen LogP contribution in [0.1, 0.15) is 5.56 Å². The number of hydrogen-bond acceptors (Lipinski definition) is 2. The minimum Gasteiger partial charge on any atom is -0.351 e. The summed E-state index contributed by atoms with van der Waals surface area (Å²) in [6, 6.07) is 6.65. The van der Waals surface area contributed by atoms with Crippen molar-refractivity contribution in [1.82, 2.24) is 0 Å². The van der Waals surface area contributed by atoms with Gasteiger partial charge in [0.2, 0.25) is 0 Å². The topological polar surface area (TPSA) is 46.3 Å². The number of hydrogen-bond donors (Lipinski definition) is 2. The summed E-state index contributed by atoms with van der Waals surface area (Å²) in [6.45, 7) is 1.96. The first-order valence-electron chi connectivity index (χ1n) is 3.91. The van der Waals surface area contributed by atoms with Crippen molar-refractivity contribution in [2.24, 2.45) is 5.73 Å². The van der Waals surface area contributed by atoms with Crippen LogP contribution < -0.4 is 10.6 Å². The number of carbonyl (C=O) groups excluding carboxylic acids is 1. The molecule has 0 unspecified atom stereocenters. The number of aryl methyl sites for hydroxylation is 1. The van der Waals surface area contributed by atoms with Crippen molar-refractivity contribution in [3.8, 4) is 0 Å². The molecule has 14 heavy (non-hydrogen) atoms. The number of carbonyl (C=O) groups is 1. The Morgan fingerprint density at radius 1 is 1.43 bits per heavy atom. The second-order valence-electron chi connectivity index (χ2n) is 2.79. The molecule has 1 aromatic rings. The molecule has 0 saturated carbocycles. The van der Waals surface area contributed by atoms with E-state index in [0.29, 0.717) is 5.69 Å². The molecule has 5 heteroatoms. The summed E-state index contributed by atoms with van der Waals surface area (Å²) in [5, 5.41) is 0. The number of rotatable bonds is 1. The molecular formula is C9H10N2OS2. The maximum Gasteiger partial charge on any atom is 0.324 e. The molecule has 0 radical (unpaired) electrons. The van der Waals surface area contributed by atoms with E-state index in [0.717, 1.165) is 10.5 Å². The number of nitrogens with two attached hydrogens (primary N) is 1. The van der Waals surface area contributed by atoms with Crippen molar-refractivity contribution in [1.29, 1.82) is 0 Å². The molecule has 0 fully saturated rings. The number of urea groups is 1. The van der Waals surface area contributed by atoms with Crippen LogP contribution in [0.4, 0.5) is 10.5 Å². The first kappa shape index (κ1) is 11.0. The highest BCUT2D eigenvalue weighted by Gasteiger charge is 2.14. The number of thiocarbonyl (C=S) groups is 1. The quantitative estimate of drug-likeness (QED) is 0.569. The third-order valence-corrected chi connectivity index (χ3v) is 2.09. The Bertz CT molecular complexity index is 348. The Morgan fingerprint density at radius 2 is 1.93 bits per heavy atom. The zero-order chi connectivity index (χ0) is 10.7. The minimum absolute atomic E-state index is 0.140. The van der Waals surface area contributed by atoms with Crippen LogP contribution in [0.25, 0.3) is 0 Å². The average Bonchev–Trinajstić information content (AvgIpc) is 2.07. The molecule has 2 N–H and O–H groups in total. The van der Waals surface area contributed by atoms with Crippen LogP contribution in [0.5, 0.6) is 0 Å². The van der Waals surface area contributed by atoms with Crippen molar-refractivity contribution in [3.63, 3.8) is 0 Å². The molecule has 0 aliphatic carbocycles. The van der Waals surface area contributed by atoms with Gasteiger partial charge in [-0.05, 0) is 19.1 Å². The number of primary amides is 1. The maximum atomic E-state index is 11.0. The van der Waals surface area contributed by atoms with E-state index in [1.807, 2.05) is 19.1 Å². The van der Waals surface area contributed by atoms with Crippen molar-refractivity contribution in [2.45, 2.75) is 6.92 Å². The molecule has 0 bridgehead atoms. The number of thiol groups is 1. The van der Waals surface area contributed by atoms with Crippen molar-refractivity contribution in [2.75, 3.05) is 4.90 Å². The van der Waals surface area contributed by atoms with Gasteiger partial charge in [-0.3, -0.25) is 0 Å². The van der Waals surface area contributed by atoms with Crippen LogP contribution in [-0.4, -0.2) is 10.4 Å². The van der Waals surface area contributed by atoms with Gasteiger partial charge in [-0.25, -0.2) is 9.69 Å². The molecule has 2 amide bonds. The predicted molar refractivity (Wildman–Crippen MR) is 64.8 cm³/mol. The molecule has 1 aromatic carbocycles. The molecule has 0 heterocycles. The zero-order valence-corrected chi connectivity index (χ0v) is 9.31. The predicted octanol–water partition coefficient (Wildman–Crippen LogP) is 2.09. The molecular weight excluding hydrogens is 216 g/mol. The van der Waals surface area contributed by atoms with E-state index in [9.17, 15) is 4.79 Å². The smallest absolute Gasteiger partial charge is 0.324 e. The van der Waals surface area contributed by atoms with Gasteiger partial charge in [-0.2, -0.15) is 0 Å². The van der Waals surface area contributed by atoms with E-state index >= 15 is 0 Å². The molecule has 0 saturated heterocycles. The van der Waals surface area contributed by atoms with Gasteiger partial charge in [0.15, 0.2) is 0 Å². The zero-order valence-electron chi connectivity index (χ0n) is 7.60. The standard InChI is InChI=1S/C9H10N2OS2/c1-6-2-4-7(5-3-6)11(8(10)12)9(13)14/h2-5H,1H3,(H2,10,12)(H,13,14). The lowest BCUT2D eigenvalue weighted by molar-refractivity contribution is 0.256. The largest absolute Gasteiger partial charge is 0.351 e. The maximum absolute atomic E-state index is 11.0. The van der Waals surface area contributed by atoms with Gasteiger partial charge in [0.05, 0.1) is 5.69 Å². The average molecular weight is 226 g/mol. The Balaban J connectivity index is 3.06. The van der Waals surface area contributed by atoms with Crippen molar-refractivity contribution in [3.05, 3.63) is 29.8 Å². The molecule has 0 aliphatic rings. The van der Waals surface area contributed by atoms with Gasteiger partial charge in [0, 0.05) is 0 Å². The summed E-state index contributed by atoms with van der Waals surface area (Å²) in [5.74, 6) is 0. The van der Waals surface area contributed by atoms with Crippen molar-refractivity contribution < 1.29 is 4.79 Å². The fraction of sp³-hybridized carbons (Fsp3) is 0.111. The van der Waals surface area contributed by atoms with E-state index in [4.69, 9.17) is 18.0 Å². The lowest BCUT2D eigenvalue weighted by Gasteiger charge is -2.17. The van der Waals surface area contributed by atoms with E-state index < -0.39 is 6.03 Å². The highest BCUT2D eigenvalue weighted by molar-refractivity contribution is 8.11.